The summed E-state index contributed by atoms with van der Waals surface area (Å²) < 4.78 is 27.6. The van der Waals surface area contributed by atoms with E-state index in [-0.39, 0.29) is 10.8 Å². The van der Waals surface area contributed by atoms with Gasteiger partial charge < -0.3 is 4.90 Å². The number of rotatable bonds is 4. The zero-order chi connectivity index (χ0) is 18.7. The summed E-state index contributed by atoms with van der Waals surface area (Å²) in [6, 6.07) is 13.3. The summed E-state index contributed by atoms with van der Waals surface area (Å²) in [5.74, 6) is 0.470. The van der Waals surface area contributed by atoms with Crippen LogP contribution in [0.4, 0.5) is 5.69 Å². The van der Waals surface area contributed by atoms with Gasteiger partial charge in [0.05, 0.1) is 4.90 Å². The Bertz CT molecular complexity index is 892. The Hall–Kier alpha value is -2.34. The molecule has 0 aliphatic carbocycles. The van der Waals surface area contributed by atoms with E-state index in [1.165, 1.54) is 12.1 Å². The zero-order valence-corrected chi connectivity index (χ0v) is 15.9. The van der Waals surface area contributed by atoms with Crippen LogP contribution in [0, 0.1) is 12.8 Å². The summed E-state index contributed by atoms with van der Waals surface area (Å²) in [5, 5.41) is 0. The number of amides is 1. The van der Waals surface area contributed by atoms with Gasteiger partial charge in [0.1, 0.15) is 0 Å². The van der Waals surface area contributed by atoms with E-state index in [1.54, 1.807) is 30.3 Å². The van der Waals surface area contributed by atoms with Gasteiger partial charge in [-0.05, 0) is 67.6 Å². The standard InChI is InChI=1S/C20H24N2O3S/c1-15-5-3-7-18(13-15)21-26(24,25)19-10-8-17(9-11-19)20(23)22-12-4-6-16(2)14-22/h3,5,7-11,13,16,21H,4,6,12,14H2,1-2H3. The molecule has 6 heteroatoms. The zero-order valence-electron chi connectivity index (χ0n) is 15.1. The molecule has 26 heavy (non-hydrogen) atoms. The van der Waals surface area contributed by atoms with Crippen molar-refractivity contribution in [3.8, 4) is 0 Å². The van der Waals surface area contributed by atoms with Gasteiger partial charge in [0.15, 0.2) is 0 Å². The maximum Gasteiger partial charge on any atom is 0.261 e. The first-order valence-corrected chi connectivity index (χ1v) is 10.3. The number of carbonyl (C=O) groups excluding carboxylic acids is 1. The van der Waals surface area contributed by atoms with E-state index < -0.39 is 10.0 Å². The van der Waals surface area contributed by atoms with Crippen LogP contribution in [-0.2, 0) is 10.0 Å². The SMILES string of the molecule is Cc1cccc(NS(=O)(=O)c2ccc(C(=O)N3CCCC(C)C3)cc2)c1. The highest BCUT2D eigenvalue weighted by Crippen LogP contribution is 2.20. The van der Waals surface area contributed by atoms with Gasteiger partial charge in [0.25, 0.3) is 15.9 Å². The van der Waals surface area contributed by atoms with Crippen LogP contribution in [0.25, 0.3) is 0 Å². The average molecular weight is 372 g/mol. The topological polar surface area (TPSA) is 66.5 Å². The summed E-state index contributed by atoms with van der Waals surface area (Å²) in [4.78, 5) is 14.6. The van der Waals surface area contributed by atoms with Crippen molar-refractivity contribution >= 4 is 21.6 Å². The number of piperidine rings is 1. The highest BCUT2D eigenvalue weighted by Gasteiger charge is 2.22. The van der Waals surface area contributed by atoms with Crippen LogP contribution in [-0.4, -0.2) is 32.3 Å². The van der Waals surface area contributed by atoms with Crippen LogP contribution in [0.15, 0.2) is 53.4 Å². The van der Waals surface area contributed by atoms with E-state index in [9.17, 15) is 13.2 Å². The molecule has 5 nitrogen and oxygen atoms in total. The highest BCUT2D eigenvalue weighted by atomic mass is 32.2. The number of benzene rings is 2. The number of anilines is 1. The quantitative estimate of drug-likeness (QED) is 0.890. The summed E-state index contributed by atoms with van der Waals surface area (Å²) in [6.45, 7) is 5.57. The minimum atomic E-state index is -3.68. The number of hydrogen-bond donors (Lipinski definition) is 1. The predicted molar refractivity (Wildman–Crippen MR) is 103 cm³/mol. The second-order valence-corrected chi connectivity index (χ2v) is 8.68. The second-order valence-electron chi connectivity index (χ2n) is 7.00. The third-order valence-electron chi connectivity index (χ3n) is 4.63. The molecule has 1 aliphatic heterocycles. The number of nitrogens with zero attached hydrogens (tertiary/aromatic N) is 1. The fraction of sp³-hybridized carbons (Fsp3) is 0.350. The average Bonchev–Trinajstić information content (AvgIpc) is 2.61. The maximum atomic E-state index is 12.6. The Morgan fingerprint density at radius 1 is 1.15 bits per heavy atom. The molecule has 1 saturated heterocycles. The number of sulfonamides is 1. The summed E-state index contributed by atoms with van der Waals surface area (Å²) >= 11 is 0. The first kappa shape index (κ1) is 18.5. The molecule has 1 fully saturated rings. The van der Waals surface area contributed by atoms with Gasteiger partial charge in [-0.25, -0.2) is 8.42 Å². The second kappa shape index (κ2) is 7.50. The molecule has 0 bridgehead atoms. The van der Waals surface area contributed by atoms with Crippen molar-refractivity contribution in [1.82, 2.24) is 4.90 Å². The maximum absolute atomic E-state index is 12.6. The van der Waals surface area contributed by atoms with E-state index in [2.05, 4.69) is 11.6 Å². The van der Waals surface area contributed by atoms with E-state index in [1.807, 2.05) is 17.9 Å². The number of hydrogen-bond acceptors (Lipinski definition) is 3. The smallest absolute Gasteiger partial charge is 0.261 e. The molecule has 138 valence electrons. The van der Waals surface area contributed by atoms with E-state index in [0.29, 0.717) is 17.2 Å². The van der Waals surface area contributed by atoms with Crippen LogP contribution in [0.1, 0.15) is 35.7 Å². The molecule has 1 heterocycles. The van der Waals surface area contributed by atoms with Gasteiger partial charge in [0.2, 0.25) is 0 Å². The molecule has 2 aromatic rings. The number of carbonyl (C=O) groups is 1. The molecule has 1 atom stereocenters. The van der Waals surface area contributed by atoms with Crippen molar-refractivity contribution in [3.63, 3.8) is 0 Å². The molecule has 3 rings (SSSR count). The summed E-state index contributed by atoms with van der Waals surface area (Å²) in [6.07, 6.45) is 2.16. The van der Waals surface area contributed by atoms with Crippen molar-refractivity contribution in [2.45, 2.75) is 31.6 Å². The molecule has 2 aromatic carbocycles. The van der Waals surface area contributed by atoms with Crippen molar-refractivity contribution < 1.29 is 13.2 Å². The minimum absolute atomic E-state index is 0.0351. The van der Waals surface area contributed by atoms with Crippen LogP contribution >= 0.6 is 0 Å². The number of likely N-dealkylation sites (tertiary alicyclic amines) is 1. The first-order chi connectivity index (χ1) is 12.3. The lowest BCUT2D eigenvalue weighted by atomic mass is 9.99. The fourth-order valence-corrected chi connectivity index (χ4v) is 4.31. The lowest BCUT2D eigenvalue weighted by Crippen LogP contribution is -2.39. The molecule has 1 amide bonds. The minimum Gasteiger partial charge on any atom is -0.338 e. The van der Waals surface area contributed by atoms with Gasteiger partial charge >= 0.3 is 0 Å². The Kier molecular flexibility index (Phi) is 5.32. The Morgan fingerprint density at radius 3 is 2.54 bits per heavy atom. The largest absolute Gasteiger partial charge is 0.338 e. The molecule has 1 unspecified atom stereocenters. The number of aryl methyl sites for hydroxylation is 1. The van der Waals surface area contributed by atoms with Crippen LogP contribution in [0.2, 0.25) is 0 Å². The highest BCUT2D eigenvalue weighted by molar-refractivity contribution is 7.92. The normalized spacial score (nSPS) is 17.8. The number of nitrogens with one attached hydrogen (secondary N) is 1. The van der Waals surface area contributed by atoms with Crippen molar-refractivity contribution in [2.75, 3.05) is 17.8 Å². The fourth-order valence-electron chi connectivity index (χ4n) is 3.26. The van der Waals surface area contributed by atoms with E-state index >= 15 is 0 Å². The van der Waals surface area contributed by atoms with Crippen molar-refractivity contribution in [2.24, 2.45) is 5.92 Å². The molecule has 1 aliphatic rings. The molecule has 0 saturated carbocycles. The lowest BCUT2D eigenvalue weighted by molar-refractivity contribution is 0.0683. The van der Waals surface area contributed by atoms with Crippen molar-refractivity contribution in [1.29, 1.82) is 0 Å². The first-order valence-electron chi connectivity index (χ1n) is 8.84. The molecule has 0 aromatic heterocycles. The molecule has 0 spiro atoms. The van der Waals surface area contributed by atoms with E-state index in [0.717, 1.165) is 31.5 Å². The van der Waals surface area contributed by atoms with Gasteiger partial charge in [0, 0.05) is 24.3 Å². The van der Waals surface area contributed by atoms with Gasteiger partial charge in [-0.3, -0.25) is 9.52 Å². The Balaban J connectivity index is 1.75. The Morgan fingerprint density at radius 2 is 1.88 bits per heavy atom. The lowest BCUT2D eigenvalue weighted by Gasteiger charge is -2.31. The van der Waals surface area contributed by atoms with Crippen LogP contribution < -0.4 is 4.72 Å². The third-order valence-corrected chi connectivity index (χ3v) is 6.02. The molecular weight excluding hydrogens is 348 g/mol. The van der Waals surface area contributed by atoms with Crippen LogP contribution in [0.5, 0.6) is 0 Å². The Labute approximate surface area is 155 Å². The van der Waals surface area contributed by atoms with Crippen molar-refractivity contribution in [3.05, 3.63) is 59.7 Å². The summed E-state index contributed by atoms with van der Waals surface area (Å²) in [7, 11) is -3.68. The van der Waals surface area contributed by atoms with Gasteiger partial charge in [-0.1, -0.05) is 19.1 Å². The third kappa shape index (κ3) is 4.25. The molecule has 0 radical (unpaired) electrons. The van der Waals surface area contributed by atoms with E-state index in [4.69, 9.17) is 0 Å². The predicted octanol–water partition coefficient (Wildman–Crippen LogP) is 3.67. The van der Waals surface area contributed by atoms with Crippen LogP contribution in [0.3, 0.4) is 0 Å². The molecule has 1 N–H and O–H groups in total. The van der Waals surface area contributed by atoms with Gasteiger partial charge in [-0.2, -0.15) is 0 Å². The monoisotopic (exact) mass is 372 g/mol. The van der Waals surface area contributed by atoms with Gasteiger partial charge in [-0.15, -0.1) is 0 Å². The molecular formula is C20H24N2O3S. The summed E-state index contributed by atoms with van der Waals surface area (Å²) in [5.41, 5.74) is 2.02.